The van der Waals surface area contributed by atoms with Gasteiger partial charge in [0.1, 0.15) is 5.75 Å². The number of phenolic OH excluding ortho intramolecular Hbond substituents is 1. The highest BCUT2D eigenvalue weighted by atomic mass is 16.5. The summed E-state index contributed by atoms with van der Waals surface area (Å²) in [5.74, 6) is 0.324. The molecule has 0 aliphatic heterocycles. The SMILES string of the molecule is CCC(CC)N(CCOC)Cc1ccc(O)cc1. The predicted molar refractivity (Wildman–Crippen MR) is 74.8 cm³/mol. The molecule has 1 rings (SSSR count). The summed E-state index contributed by atoms with van der Waals surface area (Å²) >= 11 is 0. The fourth-order valence-electron chi connectivity index (χ4n) is 2.24. The number of hydrogen-bond acceptors (Lipinski definition) is 3. The first-order valence-corrected chi connectivity index (χ1v) is 6.72. The summed E-state index contributed by atoms with van der Waals surface area (Å²) in [7, 11) is 1.74. The van der Waals surface area contributed by atoms with E-state index in [0.29, 0.717) is 11.8 Å². The zero-order valence-electron chi connectivity index (χ0n) is 11.7. The van der Waals surface area contributed by atoms with Crippen molar-refractivity contribution < 1.29 is 9.84 Å². The first kappa shape index (κ1) is 15.0. The minimum Gasteiger partial charge on any atom is -0.508 e. The van der Waals surface area contributed by atoms with Crippen LogP contribution in [0.5, 0.6) is 5.75 Å². The number of rotatable bonds is 8. The van der Waals surface area contributed by atoms with Crippen molar-refractivity contribution in [3.8, 4) is 5.75 Å². The summed E-state index contributed by atoms with van der Waals surface area (Å²) in [5, 5.41) is 9.30. The lowest BCUT2D eigenvalue weighted by Gasteiger charge is -2.30. The molecule has 0 heterocycles. The van der Waals surface area contributed by atoms with Crippen molar-refractivity contribution in [2.45, 2.75) is 39.3 Å². The van der Waals surface area contributed by atoms with Gasteiger partial charge < -0.3 is 9.84 Å². The Hall–Kier alpha value is -1.06. The molecule has 0 amide bonds. The van der Waals surface area contributed by atoms with Crippen molar-refractivity contribution in [1.82, 2.24) is 4.90 Å². The van der Waals surface area contributed by atoms with E-state index in [2.05, 4.69) is 18.7 Å². The smallest absolute Gasteiger partial charge is 0.115 e. The number of methoxy groups -OCH3 is 1. The van der Waals surface area contributed by atoms with Crippen LogP contribution in [0.15, 0.2) is 24.3 Å². The number of aromatic hydroxyl groups is 1. The Kier molecular flexibility index (Phi) is 6.76. The summed E-state index contributed by atoms with van der Waals surface area (Å²) < 4.78 is 5.19. The molecular weight excluding hydrogens is 226 g/mol. The Morgan fingerprint density at radius 2 is 1.78 bits per heavy atom. The second-order valence-corrected chi connectivity index (χ2v) is 4.60. The average Bonchev–Trinajstić information content (AvgIpc) is 2.39. The van der Waals surface area contributed by atoms with Crippen molar-refractivity contribution in [3.63, 3.8) is 0 Å². The Balaban J connectivity index is 2.67. The highest BCUT2D eigenvalue weighted by molar-refractivity contribution is 5.25. The molecule has 0 aliphatic rings. The Morgan fingerprint density at radius 1 is 1.17 bits per heavy atom. The highest BCUT2D eigenvalue weighted by Gasteiger charge is 2.14. The number of benzene rings is 1. The molecule has 0 radical (unpaired) electrons. The lowest BCUT2D eigenvalue weighted by atomic mass is 10.1. The van der Waals surface area contributed by atoms with Crippen LogP contribution in [0.4, 0.5) is 0 Å². The van der Waals surface area contributed by atoms with E-state index in [-0.39, 0.29) is 0 Å². The van der Waals surface area contributed by atoms with Gasteiger partial charge in [-0.05, 0) is 30.5 Å². The van der Waals surface area contributed by atoms with Gasteiger partial charge >= 0.3 is 0 Å². The summed E-state index contributed by atoms with van der Waals surface area (Å²) in [6, 6.07) is 8.05. The third-order valence-corrected chi connectivity index (χ3v) is 3.36. The molecule has 0 saturated heterocycles. The van der Waals surface area contributed by atoms with Crippen molar-refractivity contribution in [3.05, 3.63) is 29.8 Å². The van der Waals surface area contributed by atoms with E-state index in [1.807, 2.05) is 12.1 Å². The van der Waals surface area contributed by atoms with Crippen LogP contribution >= 0.6 is 0 Å². The van der Waals surface area contributed by atoms with Crippen LogP contribution in [0.3, 0.4) is 0 Å². The van der Waals surface area contributed by atoms with Crippen LogP contribution in [-0.4, -0.2) is 36.3 Å². The molecule has 0 atom stereocenters. The van der Waals surface area contributed by atoms with Gasteiger partial charge in [-0.3, -0.25) is 4.90 Å². The van der Waals surface area contributed by atoms with Crippen LogP contribution in [0.2, 0.25) is 0 Å². The van der Waals surface area contributed by atoms with E-state index in [1.165, 1.54) is 5.56 Å². The van der Waals surface area contributed by atoms with Crippen LogP contribution in [0.25, 0.3) is 0 Å². The Morgan fingerprint density at radius 3 is 2.28 bits per heavy atom. The molecule has 0 fully saturated rings. The van der Waals surface area contributed by atoms with Crippen molar-refractivity contribution in [2.24, 2.45) is 0 Å². The van der Waals surface area contributed by atoms with Gasteiger partial charge in [0.15, 0.2) is 0 Å². The molecule has 1 aromatic carbocycles. The van der Waals surface area contributed by atoms with Crippen molar-refractivity contribution in [1.29, 1.82) is 0 Å². The standard InChI is InChI=1S/C15H25NO2/c1-4-14(5-2)16(10-11-18-3)12-13-6-8-15(17)9-7-13/h6-9,14,17H,4-5,10-12H2,1-3H3. The maximum atomic E-state index is 9.30. The summed E-state index contributed by atoms with van der Waals surface area (Å²) in [5.41, 5.74) is 1.23. The zero-order chi connectivity index (χ0) is 13.4. The Bertz CT molecular complexity index is 320. The minimum absolute atomic E-state index is 0.324. The van der Waals surface area contributed by atoms with Crippen LogP contribution in [-0.2, 0) is 11.3 Å². The van der Waals surface area contributed by atoms with Gasteiger partial charge in [-0.25, -0.2) is 0 Å². The molecule has 18 heavy (non-hydrogen) atoms. The molecule has 0 aromatic heterocycles. The van der Waals surface area contributed by atoms with Gasteiger partial charge in [-0.1, -0.05) is 26.0 Å². The quantitative estimate of drug-likeness (QED) is 0.771. The first-order valence-electron chi connectivity index (χ1n) is 6.72. The largest absolute Gasteiger partial charge is 0.508 e. The second-order valence-electron chi connectivity index (χ2n) is 4.60. The molecule has 102 valence electrons. The average molecular weight is 251 g/mol. The monoisotopic (exact) mass is 251 g/mol. The molecule has 0 aliphatic carbocycles. The van der Waals surface area contributed by atoms with E-state index in [9.17, 15) is 5.11 Å². The number of ether oxygens (including phenoxy) is 1. The summed E-state index contributed by atoms with van der Waals surface area (Å²) in [6.45, 7) is 7.07. The molecule has 3 heteroatoms. The lowest BCUT2D eigenvalue weighted by molar-refractivity contribution is 0.110. The topological polar surface area (TPSA) is 32.7 Å². The van der Waals surface area contributed by atoms with Crippen LogP contribution < -0.4 is 0 Å². The first-order chi connectivity index (χ1) is 8.71. The maximum absolute atomic E-state index is 9.30. The lowest BCUT2D eigenvalue weighted by Crippen LogP contribution is -2.36. The Labute approximate surface area is 110 Å². The van der Waals surface area contributed by atoms with Crippen LogP contribution in [0, 0.1) is 0 Å². The van der Waals surface area contributed by atoms with Gasteiger partial charge in [-0.15, -0.1) is 0 Å². The maximum Gasteiger partial charge on any atom is 0.115 e. The van der Waals surface area contributed by atoms with E-state index in [0.717, 1.165) is 32.5 Å². The van der Waals surface area contributed by atoms with Gasteiger partial charge in [0.2, 0.25) is 0 Å². The molecule has 3 nitrogen and oxygen atoms in total. The van der Waals surface area contributed by atoms with Gasteiger partial charge in [0.05, 0.1) is 6.61 Å². The third kappa shape index (κ3) is 4.67. The number of nitrogens with zero attached hydrogens (tertiary/aromatic N) is 1. The van der Waals surface area contributed by atoms with Crippen LogP contribution in [0.1, 0.15) is 32.3 Å². The normalized spacial score (nSPS) is 11.4. The second kappa shape index (κ2) is 8.11. The summed E-state index contributed by atoms with van der Waals surface area (Å²) in [6.07, 6.45) is 2.30. The van der Waals surface area contributed by atoms with Gasteiger partial charge in [0.25, 0.3) is 0 Å². The highest BCUT2D eigenvalue weighted by Crippen LogP contribution is 2.15. The zero-order valence-corrected chi connectivity index (χ0v) is 11.7. The van der Waals surface area contributed by atoms with E-state index in [4.69, 9.17) is 4.74 Å². The predicted octanol–water partition coefficient (Wildman–Crippen LogP) is 3.03. The molecular formula is C15H25NO2. The van der Waals surface area contributed by atoms with Gasteiger partial charge in [-0.2, -0.15) is 0 Å². The van der Waals surface area contributed by atoms with Crippen molar-refractivity contribution >= 4 is 0 Å². The van der Waals surface area contributed by atoms with E-state index in [1.54, 1.807) is 19.2 Å². The van der Waals surface area contributed by atoms with E-state index >= 15 is 0 Å². The molecule has 0 unspecified atom stereocenters. The summed E-state index contributed by atoms with van der Waals surface area (Å²) in [4.78, 5) is 2.45. The number of hydrogen-bond donors (Lipinski definition) is 1. The molecule has 0 spiro atoms. The molecule has 1 aromatic rings. The number of phenols is 1. The minimum atomic E-state index is 0.324. The van der Waals surface area contributed by atoms with Gasteiger partial charge in [0, 0.05) is 26.2 Å². The fraction of sp³-hybridized carbons (Fsp3) is 0.600. The fourth-order valence-corrected chi connectivity index (χ4v) is 2.24. The molecule has 1 N–H and O–H groups in total. The van der Waals surface area contributed by atoms with Crippen molar-refractivity contribution in [2.75, 3.05) is 20.3 Å². The van der Waals surface area contributed by atoms with E-state index < -0.39 is 0 Å². The third-order valence-electron chi connectivity index (χ3n) is 3.36. The molecule has 0 bridgehead atoms. The molecule has 0 saturated carbocycles.